The monoisotopic (exact) mass is 1530 g/mol. The first-order valence-electron chi connectivity index (χ1n) is 32.8. The molecule has 108 heavy (non-hydrogen) atoms. The summed E-state index contributed by atoms with van der Waals surface area (Å²) < 4.78 is 292. The SMILES string of the molecule is CC(C)(C)OC(=O)NCCNc1c(F)c(F)c(-c2c3nc(c(-c4c(F)c(F)c(NCCNC(=O)OC(C)(C)C)c(F)c4F)c4ccc([nH]4)c(-c4c(F)c(F)c(NCCNC(=O)OC(C)(C)C)c(F)c4F)c4nc(c(-c5c(F)c(F)c(NCCNC(=O)OC(C)(C)C)c(F)c5F)c5ccc2[nH]5)C=C4)C=C3)c(F)c1F. The number of hydrogen-bond acceptors (Lipinski definition) is 14. The van der Waals surface area contributed by atoms with Crippen molar-refractivity contribution in [3.8, 4) is 44.5 Å². The van der Waals surface area contributed by atoms with Crippen molar-refractivity contribution in [2.24, 2.45) is 0 Å². The lowest BCUT2D eigenvalue weighted by atomic mass is 10.0. The van der Waals surface area contributed by atoms with Crippen LogP contribution in [0.25, 0.3) is 90.9 Å². The quantitative estimate of drug-likeness (QED) is 0.0147. The second-order valence-electron chi connectivity index (χ2n) is 27.9. The van der Waals surface area contributed by atoms with Crippen molar-refractivity contribution in [3.05, 3.63) is 140 Å². The minimum Gasteiger partial charge on any atom is -0.444 e. The Morgan fingerprint density at radius 3 is 0.602 bits per heavy atom. The molecule has 9 rings (SSSR count). The molecule has 578 valence electrons. The summed E-state index contributed by atoms with van der Waals surface area (Å²) in [5, 5.41) is 17.5. The number of amides is 4. The lowest BCUT2D eigenvalue weighted by molar-refractivity contribution is 0.0518. The molecule has 2 aliphatic rings. The Hall–Kier alpha value is -11.4. The van der Waals surface area contributed by atoms with Crippen molar-refractivity contribution in [3.63, 3.8) is 0 Å². The Morgan fingerprint density at radius 1 is 0.278 bits per heavy atom. The zero-order chi connectivity index (χ0) is 79.7. The number of H-pyrrole nitrogens is 2. The molecule has 0 spiro atoms. The molecule has 20 nitrogen and oxygen atoms in total. The Kier molecular flexibility index (Phi) is 23.6. The number of nitrogens with one attached hydrogen (secondary N) is 10. The average Bonchev–Trinajstić information content (AvgIpc) is 1.54. The van der Waals surface area contributed by atoms with Crippen LogP contribution in [0.3, 0.4) is 0 Å². The van der Waals surface area contributed by atoms with Crippen molar-refractivity contribution < 1.29 is 108 Å². The highest BCUT2D eigenvalue weighted by Crippen LogP contribution is 2.47. The molecular weight excluding hydrogens is 1460 g/mol. The first-order chi connectivity index (χ1) is 50.4. The van der Waals surface area contributed by atoms with E-state index in [-0.39, 0.29) is 0 Å². The Balaban J connectivity index is 1.37. The summed E-state index contributed by atoms with van der Waals surface area (Å²) in [6.07, 6.45) is -1.05. The van der Waals surface area contributed by atoms with Crippen LogP contribution in [0, 0.1) is 93.1 Å². The Bertz CT molecular complexity index is 4300. The van der Waals surface area contributed by atoms with E-state index >= 15 is 70.2 Å². The van der Waals surface area contributed by atoms with Crippen LogP contribution in [0.5, 0.6) is 0 Å². The number of aromatic amines is 2. The number of ether oxygens (including phenoxy) is 4. The molecule has 0 atom stereocenters. The largest absolute Gasteiger partial charge is 0.444 e. The van der Waals surface area contributed by atoms with E-state index in [1.165, 1.54) is 83.1 Å². The van der Waals surface area contributed by atoms with Crippen LogP contribution >= 0.6 is 0 Å². The minimum atomic E-state index is -2.27. The average molecular weight is 1540 g/mol. The maximum Gasteiger partial charge on any atom is 0.407 e. The summed E-state index contributed by atoms with van der Waals surface area (Å²) in [6, 6.07) is 3.10. The van der Waals surface area contributed by atoms with Gasteiger partial charge in [0.15, 0.2) is 93.1 Å². The van der Waals surface area contributed by atoms with Gasteiger partial charge in [-0.15, -0.1) is 0 Å². The maximum absolute atomic E-state index is 17.3. The number of benzene rings is 4. The Labute approximate surface area is 604 Å². The van der Waals surface area contributed by atoms with E-state index in [0.717, 1.165) is 48.6 Å². The van der Waals surface area contributed by atoms with Crippen molar-refractivity contribution in [2.45, 2.75) is 105 Å². The molecule has 36 heteroatoms. The van der Waals surface area contributed by atoms with E-state index in [1.54, 1.807) is 0 Å². The molecule has 2 aliphatic heterocycles. The van der Waals surface area contributed by atoms with Crippen LogP contribution in [0.15, 0.2) is 24.3 Å². The van der Waals surface area contributed by atoms with Crippen molar-refractivity contribution in [1.82, 2.24) is 41.2 Å². The number of nitrogens with zero attached hydrogens (tertiary/aromatic N) is 2. The van der Waals surface area contributed by atoms with Gasteiger partial charge in [-0.1, -0.05) is 0 Å². The zero-order valence-electron chi connectivity index (χ0n) is 59.5. The van der Waals surface area contributed by atoms with Crippen LogP contribution in [0.1, 0.15) is 106 Å². The van der Waals surface area contributed by atoms with E-state index in [1.807, 2.05) is 0 Å². The number of anilines is 4. The van der Waals surface area contributed by atoms with Crippen LogP contribution in [0.4, 0.5) is 112 Å². The van der Waals surface area contributed by atoms with Gasteiger partial charge in [-0.3, -0.25) is 0 Å². The fraction of sp³-hybridized carbons (Fsp3) is 0.333. The predicted octanol–water partition coefficient (Wildman–Crippen LogP) is 17.3. The normalized spacial score (nSPS) is 12.3. The molecule has 0 fully saturated rings. The number of carbonyl (C=O) groups excluding carboxylic acids is 4. The van der Waals surface area contributed by atoms with Gasteiger partial charge < -0.3 is 71.4 Å². The summed E-state index contributed by atoms with van der Waals surface area (Å²) in [4.78, 5) is 63.0. The first kappa shape index (κ1) is 80.7. The fourth-order valence-corrected chi connectivity index (χ4v) is 10.9. The topological polar surface area (TPSA) is 259 Å². The van der Waals surface area contributed by atoms with Gasteiger partial charge in [-0.25, -0.2) is 99.4 Å². The molecule has 0 saturated heterocycles. The third kappa shape index (κ3) is 17.7. The Morgan fingerprint density at radius 2 is 0.444 bits per heavy atom. The third-order valence-electron chi connectivity index (χ3n) is 15.2. The number of aromatic nitrogens is 4. The highest BCUT2D eigenvalue weighted by molar-refractivity contribution is 6.01. The summed E-state index contributed by atoms with van der Waals surface area (Å²) in [7, 11) is 0. The minimum absolute atomic E-state index is 0.487. The van der Waals surface area contributed by atoms with Gasteiger partial charge in [0.25, 0.3) is 0 Å². The predicted molar refractivity (Wildman–Crippen MR) is 371 cm³/mol. The van der Waals surface area contributed by atoms with Gasteiger partial charge in [0.05, 0.1) is 45.0 Å². The van der Waals surface area contributed by atoms with Crippen molar-refractivity contribution >= 4 is 93.5 Å². The third-order valence-corrected chi connectivity index (χ3v) is 15.2. The number of rotatable bonds is 20. The van der Waals surface area contributed by atoms with Crippen LogP contribution in [-0.2, 0) is 18.9 Å². The summed E-state index contributed by atoms with van der Waals surface area (Å²) >= 11 is 0. The van der Waals surface area contributed by atoms with Crippen LogP contribution in [-0.4, -0.2) is 119 Å². The van der Waals surface area contributed by atoms with E-state index in [2.05, 4.69) is 62.5 Å². The van der Waals surface area contributed by atoms with Gasteiger partial charge in [0, 0.05) is 96.7 Å². The van der Waals surface area contributed by atoms with Crippen LogP contribution in [0.2, 0.25) is 0 Å². The lowest BCUT2D eigenvalue weighted by Crippen LogP contribution is -2.35. The number of alkyl carbamates (subject to hydrolysis) is 4. The molecule has 0 unspecified atom stereocenters. The molecule has 4 amide bonds. The summed E-state index contributed by atoms with van der Waals surface area (Å²) in [6.45, 7) is 13.7. The molecule has 7 aromatic rings. The number of hydrogen-bond donors (Lipinski definition) is 10. The molecule has 5 heterocycles. The van der Waals surface area contributed by atoms with Gasteiger partial charge in [-0.2, -0.15) is 0 Å². The van der Waals surface area contributed by atoms with E-state index in [4.69, 9.17) is 18.9 Å². The fourth-order valence-electron chi connectivity index (χ4n) is 10.9. The first-order valence-corrected chi connectivity index (χ1v) is 32.8. The standard InChI is InChI=1S/C72H70F16N12O8/c1-69(2,3)105-65(101)93-25-21-89-61-53(81)45(73)41(46(74)54(61)82)37-29-13-15-31(97-29)38(42-47(75)55(83)62(56(84)48(42)76)90-22-26-94-66(102)106-70(4,5)6)33-17-19-35(99-33)40(44-51(79)59(87)64(60(88)52(44)80)92-24-28-96-68(104)108-72(10,11)12)36-20-18-34(100-36)39(32-16-14-30(37)98-32)43-49(77)57(85)63(58(86)50(43)78)91-23-27-95-67(103)107-71(7,8)9/h13-20,89-92,97,100H,21-28H2,1-12H3,(H,93,101)(H,94,102)(H,95,103)(H,96,104). The highest BCUT2D eigenvalue weighted by atomic mass is 19.2. The number of halogens is 16. The molecule has 3 aromatic heterocycles. The number of fused-ring (bicyclic) bond motifs is 8. The summed E-state index contributed by atoms with van der Waals surface area (Å²) in [5.41, 5.74) is -28.4. The van der Waals surface area contributed by atoms with Gasteiger partial charge >= 0.3 is 24.4 Å². The van der Waals surface area contributed by atoms with E-state index in [9.17, 15) is 19.2 Å². The molecule has 0 saturated carbocycles. The van der Waals surface area contributed by atoms with Gasteiger partial charge in [0.1, 0.15) is 45.2 Å². The second kappa shape index (κ2) is 31.6. The lowest BCUT2D eigenvalue weighted by Gasteiger charge is -2.20. The van der Waals surface area contributed by atoms with Crippen molar-refractivity contribution in [1.29, 1.82) is 0 Å². The highest BCUT2D eigenvalue weighted by Gasteiger charge is 2.36. The zero-order valence-corrected chi connectivity index (χ0v) is 59.5. The summed E-state index contributed by atoms with van der Waals surface area (Å²) in [5.74, 6) is -35.6. The van der Waals surface area contributed by atoms with Crippen LogP contribution < -0.4 is 42.5 Å². The van der Waals surface area contributed by atoms with E-state index in [0.29, 0.717) is 0 Å². The molecule has 8 bridgehead atoms. The number of carbonyl (C=O) groups is 4. The molecule has 0 radical (unpaired) electrons. The van der Waals surface area contributed by atoms with Gasteiger partial charge in [-0.05, 0) is 132 Å². The maximum atomic E-state index is 17.3. The molecule has 10 N–H and O–H groups in total. The van der Waals surface area contributed by atoms with Crippen molar-refractivity contribution in [2.75, 3.05) is 73.6 Å². The molecule has 4 aromatic carbocycles. The molecular formula is C72H70F16N12O8. The van der Waals surface area contributed by atoms with E-state index < -0.39 is 304 Å². The second-order valence-corrected chi connectivity index (χ2v) is 27.9. The molecule has 0 aliphatic carbocycles. The smallest absolute Gasteiger partial charge is 0.407 e. The van der Waals surface area contributed by atoms with Gasteiger partial charge in [0.2, 0.25) is 0 Å².